The first-order valence-electron chi connectivity index (χ1n) is 5.41. The van der Waals surface area contributed by atoms with Gasteiger partial charge in [-0.05, 0) is 18.4 Å². The van der Waals surface area contributed by atoms with Crippen molar-refractivity contribution < 1.29 is 4.74 Å². The van der Waals surface area contributed by atoms with Crippen LogP contribution in [0.2, 0.25) is 0 Å². The Labute approximate surface area is 104 Å². The Kier molecular flexibility index (Phi) is 3.58. The van der Waals surface area contributed by atoms with Crippen molar-refractivity contribution in [2.75, 3.05) is 19.0 Å². The average Bonchev–Trinajstić information content (AvgIpc) is 2.76. The van der Waals surface area contributed by atoms with E-state index in [1.165, 1.54) is 0 Å². The SMILES string of the molecule is C=C(C)CCOc1nc(NC)nc2sccc12. The topological polar surface area (TPSA) is 47.0 Å². The van der Waals surface area contributed by atoms with E-state index in [2.05, 4.69) is 21.9 Å². The summed E-state index contributed by atoms with van der Waals surface area (Å²) in [6.07, 6.45) is 0.838. The van der Waals surface area contributed by atoms with E-state index >= 15 is 0 Å². The van der Waals surface area contributed by atoms with Crippen LogP contribution in [0.3, 0.4) is 0 Å². The molecule has 0 spiro atoms. The molecule has 0 amide bonds. The number of nitrogens with zero attached hydrogens (tertiary/aromatic N) is 2. The number of nitrogens with one attached hydrogen (secondary N) is 1. The smallest absolute Gasteiger partial charge is 0.227 e. The average molecular weight is 249 g/mol. The van der Waals surface area contributed by atoms with Crippen molar-refractivity contribution in [1.29, 1.82) is 0 Å². The van der Waals surface area contributed by atoms with E-state index in [1.807, 2.05) is 18.4 Å². The molecule has 0 aliphatic rings. The highest BCUT2D eigenvalue weighted by Crippen LogP contribution is 2.28. The summed E-state index contributed by atoms with van der Waals surface area (Å²) in [5.41, 5.74) is 1.11. The van der Waals surface area contributed by atoms with Crippen LogP contribution < -0.4 is 10.1 Å². The number of aromatic nitrogens is 2. The summed E-state index contributed by atoms with van der Waals surface area (Å²) in [4.78, 5) is 9.62. The van der Waals surface area contributed by atoms with E-state index in [0.717, 1.165) is 22.2 Å². The lowest BCUT2D eigenvalue weighted by atomic mass is 10.3. The van der Waals surface area contributed by atoms with Gasteiger partial charge in [0, 0.05) is 13.5 Å². The van der Waals surface area contributed by atoms with Crippen molar-refractivity contribution in [2.24, 2.45) is 0 Å². The van der Waals surface area contributed by atoms with Crippen LogP contribution in [0.25, 0.3) is 10.2 Å². The summed E-state index contributed by atoms with van der Waals surface area (Å²) >= 11 is 1.58. The standard InChI is InChI=1S/C12H15N3OS/c1-8(2)4-6-16-10-9-5-7-17-11(9)15-12(13-3)14-10/h5,7H,1,4,6H2,2-3H3,(H,13,14,15). The molecule has 0 unspecified atom stereocenters. The fourth-order valence-electron chi connectivity index (χ4n) is 1.37. The van der Waals surface area contributed by atoms with Crippen molar-refractivity contribution in [3.63, 3.8) is 0 Å². The van der Waals surface area contributed by atoms with Crippen molar-refractivity contribution >= 4 is 27.5 Å². The highest BCUT2D eigenvalue weighted by Gasteiger charge is 2.09. The molecule has 5 heteroatoms. The number of thiophene rings is 1. The molecule has 0 radical (unpaired) electrons. The molecule has 1 N–H and O–H groups in total. The molecule has 0 bridgehead atoms. The van der Waals surface area contributed by atoms with E-state index in [-0.39, 0.29) is 0 Å². The minimum absolute atomic E-state index is 0.588. The number of hydrogen-bond donors (Lipinski definition) is 1. The molecule has 2 aromatic heterocycles. The van der Waals surface area contributed by atoms with Crippen molar-refractivity contribution in [2.45, 2.75) is 13.3 Å². The van der Waals surface area contributed by atoms with Crippen molar-refractivity contribution in [1.82, 2.24) is 9.97 Å². The molecule has 2 heterocycles. The summed E-state index contributed by atoms with van der Waals surface area (Å²) in [7, 11) is 1.80. The van der Waals surface area contributed by atoms with Crippen LogP contribution >= 0.6 is 11.3 Å². The van der Waals surface area contributed by atoms with Crippen LogP contribution in [-0.2, 0) is 0 Å². The van der Waals surface area contributed by atoms with E-state index < -0.39 is 0 Å². The van der Waals surface area contributed by atoms with E-state index in [0.29, 0.717) is 18.4 Å². The van der Waals surface area contributed by atoms with Gasteiger partial charge in [0.05, 0.1) is 12.0 Å². The quantitative estimate of drug-likeness (QED) is 0.827. The molecule has 0 aromatic carbocycles. The number of ether oxygens (including phenoxy) is 1. The molecule has 0 aliphatic carbocycles. The maximum absolute atomic E-state index is 5.69. The third-order valence-electron chi connectivity index (χ3n) is 2.28. The van der Waals surface area contributed by atoms with Gasteiger partial charge < -0.3 is 10.1 Å². The van der Waals surface area contributed by atoms with Crippen LogP contribution in [0.1, 0.15) is 13.3 Å². The summed E-state index contributed by atoms with van der Waals surface area (Å²) < 4.78 is 5.69. The molecule has 4 nitrogen and oxygen atoms in total. The third-order valence-corrected chi connectivity index (χ3v) is 3.09. The molecular formula is C12H15N3OS. The Morgan fingerprint density at radius 1 is 1.53 bits per heavy atom. The minimum atomic E-state index is 0.588. The Morgan fingerprint density at radius 3 is 3.06 bits per heavy atom. The van der Waals surface area contributed by atoms with Gasteiger partial charge in [-0.2, -0.15) is 4.98 Å². The van der Waals surface area contributed by atoms with Crippen molar-refractivity contribution in [3.05, 3.63) is 23.6 Å². The molecule has 2 aromatic rings. The number of fused-ring (bicyclic) bond motifs is 1. The molecule has 0 aliphatic heterocycles. The van der Waals surface area contributed by atoms with Gasteiger partial charge in [-0.25, -0.2) is 4.98 Å². The number of anilines is 1. The molecule has 0 saturated heterocycles. The van der Waals surface area contributed by atoms with E-state index in [4.69, 9.17) is 4.74 Å². The molecular weight excluding hydrogens is 234 g/mol. The van der Waals surface area contributed by atoms with Gasteiger partial charge in [0.2, 0.25) is 11.8 Å². The summed E-state index contributed by atoms with van der Waals surface area (Å²) in [5, 5.41) is 5.89. The Morgan fingerprint density at radius 2 is 2.35 bits per heavy atom. The zero-order chi connectivity index (χ0) is 12.3. The second kappa shape index (κ2) is 5.14. The highest BCUT2D eigenvalue weighted by molar-refractivity contribution is 7.16. The monoisotopic (exact) mass is 249 g/mol. The molecule has 17 heavy (non-hydrogen) atoms. The molecule has 2 rings (SSSR count). The summed E-state index contributed by atoms with van der Waals surface area (Å²) in [6, 6.07) is 1.98. The van der Waals surface area contributed by atoms with Gasteiger partial charge in [-0.3, -0.25) is 0 Å². The lowest BCUT2D eigenvalue weighted by Crippen LogP contribution is -2.03. The van der Waals surface area contributed by atoms with Crippen LogP contribution in [0.4, 0.5) is 5.95 Å². The van der Waals surface area contributed by atoms with Gasteiger partial charge in [-0.1, -0.05) is 5.57 Å². The van der Waals surface area contributed by atoms with E-state index in [9.17, 15) is 0 Å². The predicted molar refractivity (Wildman–Crippen MR) is 71.9 cm³/mol. The molecule has 0 fully saturated rings. The first-order chi connectivity index (χ1) is 8.20. The summed E-state index contributed by atoms with van der Waals surface area (Å²) in [5.74, 6) is 1.23. The first-order valence-corrected chi connectivity index (χ1v) is 6.29. The lowest BCUT2D eigenvalue weighted by molar-refractivity contribution is 0.313. The fraction of sp³-hybridized carbons (Fsp3) is 0.333. The highest BCUT2D eigenvalue weighted by atomic mass is 32.1. The minimum Gasteiger partial charge on any atom is -0.477 e. The fourth-order valence-corrected chi connectivity index (χ4v) is 2.13. The number of rotatable bonds is 5. The zero-order valence-electron chi connectivity index (χ0n) is 9.99. The molecule has 0 saturated carbocycles. The second-order valence-electron chi connectivity index (χ2n) is 3.80. The lowest BCUT2D eigenvalue weighted by Gasteiger charge is -2.07. The number of hydrogen-bond acceptors (Lipinski definition) is 5. The normalized spacial score (nSPS) is 10.5. The van der Waals surface area contributed by atoms with Gasteiger partial charge in [-0.15, -0.1) is 17.9 Å². The van der Waals surface area contributed by atoms with Gasteiger partial charge in [0.15, 0.2) is 0 Å². The first kappa shape index (κ1) is 11.9. The van der Waals surface area contributed by atoms with Gasteiger partial charge in [0.25, 0.3) is 0 Å². The van der Waals surface area contributed by atoms with E-state index in [1.54, 1.807) is 18.4 Å². The second-order valence-corrected chi connectivity index (χ2v) is 4.69. The van der Waals surface area contributed by atoms with Crippen LogP contribution in [-0.4, -0.2) is 23.6 Å². The Bertz CT molecular complexity index is 536. The van der Waals surface area contributed by atoms with Gasteiger partial charge >= 0.3 is 0 Å². The maximum atomic E-state index is 5.69. The predicted octanol–water partition coefficient (Wildman–Crippen LogP) is 3.08. The van der Waals surface area contributed by atoms with Gasteiger partial charge in [0.1, 0.15) is 4.83 Å². The largest absolute Gasteiger partial charge is 0.477 e. The Hall–Kier alpha value is -1.62. The maximum Gasteiger partial charge on any atom is 0.227 e. The zero-order valence-corrected chi connectivity index (χ0v) is 10.8. The summed E-state index contributed by atoms with van der Waals surface area (Å²) in [6.45, 7) is 6.44. The van der Waals surface area contributed by atoms with Crippen LogP contribution in [0.5, 0.6) is 5.88 Å². The van der Waals surface area contributed by atoms with Crippen LogP contribution in [0, 0.1) is 0 Å². The molecule has 90 valence electrons. The molecule has 0 atom stereocenters. The third kappa shape index (κ3) is 2.74. The van der Waals surface area contributed by atoms with Crippen molar-refractivity contribution in [3.8, 4) is 5.88 Å². The van der Waals surface area contributed by atoms with Crippen LogP contribution in [0.15, 0.2) is 23.6 Å². The Balaban J connectivity index is 2.24.